The Balaban J connectivity index is 0.00000337. The van der Waals surface area contributed by atoms with Crippen molar-refractivity contribution in [1.29, 1.82) is 5.41 Å². The molecule has 0 radical (unpaired) electrons. The largest absolute Gasteiger partial charge is 0.355 e. The predicted octanol–water partition coefficient (Wildman–Crippen LogP) is 6.42. The number of anilines is 2. The molecule has 1 saturated heterocycles. The van der Waals surface area contributed by atoms with Gasteiger partial charge in [0, 0.05) is 58.3 Å². The van der Waals surface area contributed by atoms with Crippen molar-refractivity contribution >= 4 is 34.8 Å². The summed E-state index contributed by atoms with van der Waals surface area (Å²) in [6.07, 6.45) is 2.69. The van der Waals surface area contributed by atoms with Gasteiger partial charge in [-0.3, -0.25) is 10.4 Å². The van der Waals surface area contributed by atoms with E-state index in [-0.39, 0.29) is 25.2 Å². The Morgan fingerprint density at radius 3 is 2.51 bits per heavy atom. The van der Waals surface area contributed by atoms with Crippen molar-refractivity contribution in [2.75, 3.05) is 25.5 Å². The molecule has 41 heavy (non-hydrogen) atoms. The van der Waals surface area contributed by atoms with Crippen LogP contribution < -0.4 is 10.6 Å². The van der Waals surface area contributed by atoms with E-state index in [9.17, 15) is 8.78 Å². The second kappa shape index (κ2) is 11.7. The molecule has 0 aliphatic carbocycles. The second-order valence-electron chi connectivity index (χ2n) is 9.79. The molecule has 3 N–H and O–H groups in total. The van der Waals surface area contributed by atoms with Gasteiger partial charge in [0.2, 0.25) is 5.95 Å². The van der Waals surface area contributed by atoms with Gasteiger partial charge in [0.1, 0.15) is 17.5 Å². The molecule has 1 aromatic heterocycles. The minimum absolute atomic E-state index is 0. The number of aliphatic imine (C=N–C) groups is 1. The minimum atomic E-state index is -0.702. The first-order valence-corrected chi connectivity index (χ1v) is 13.3. The zero-order chi connectivity index (χ0) is 27.8. The quantitative estimate of drug-likeness (QED) is 0.189. The first-order chi connectivity index (χ1) is 19.4. The molecule has 2 aliphatic rings. The average molecular weight is 574 g/mol. The summed E-state index contributed by atoms with van der Waals surface area (Å²) in [5, 5.41) is 15.5. The van der Waals surface area contributed by atoms with E-state index in [0.717, 1.165) is 36.3 Å². The third kappa shape index (κ3) is 5.55. The van der Waals surface area contributed by atoms with Gasteiger partial charge in [0.05, 0.1) is 23.5 Å². The van der Waals surface area contributed by atoms with Crippen LogP contribution in [0.1, 0.15) is 36.1 Å². The lowest BCUT2D eigenvalue weighted by atomic mass is 9.95. The minimum Gasteiger partial charge on any atom is -0.355 e. The van der Waals surface area contributed by atoms with Gasteiger partial charge in [0.25, 0.3) is 0 Å². The van der Waals surface area contributed by atoms with Crippen LogP contribution in [0.25, 0.3) is 11.3 Å². The van der Waals surface area contributed by atoms with Crippen molar-refractivity contribution in [3.8, 4) is 11.3 Å². The molecule has 0 amide bonds. The normalized spacial score (nSPS) is 15.8. The van der Waals surface area contributed by atoms with Crippen LogP contribution in [0.5, 0.6) is 0 Å². The van der Waals surface area contributed by atoms with Gasteiger partial charge in [0.15, 0.2) is 0 Å². The summed E-state index contributed by atoms with van der Waals surface area (Å²) in [5.41, 5.74) is 4.04. The lowest BCUT2D eigenvalue weighted by molar-refractivity contribution is 0.491. The van der Waals surface area contributed by atoms with Crippen LogP contribution in [0.4, 0.5) is 20.4 Å². The van der Waals surface area contributed by atoms with Gasteiger partial charge in [-0.05, 0) is 62.0 Å². The highest BCUT2D eigenvalue weighted by Crippen LogP contribution is 2.34. The summed E-state index contributed by atoms with van der Waals surface area (Å²) in [4.78, 5) is 15.9. The van der Waals surface area contributed by atoms with Crippen LogP contribution in [0.3, 0.4) is 0 Å². The zero-order valence-electron chi connectivity index (χ0n) is 21.7. The van der Waals surface area contributed by atoms with E-state index < -0.39 is 11.6 Å². The molecule has 1 unspecified atom stereocenters. The van der Waals surface area contributed by atoms with Crippen molar-refractivity contribution in [2.45, 2.75) is 26.4 Å². The van der Waals surface area contributed by atoms with E-state index >= 15 is 0 Å². The second-order valence-corrected chi connectivity index (χ2v) is 10.2. The van der Waals surface area contributed by atoms with Gasteiger partial charge >= 0.3 is 0 Å². The van der Waals surface area contributed by atoms with Gasteiger partial charge in [-0.1, -0.05) is 31.2 Å². The summed E-state index contributed by atoms with van der Waals surface area (Å²) in [7, 11) is 1.95. The number of likely N-dealkylation sites (tertiary alicyclic amines) is 1. The number of hydrogen-bond donors (Lipinski definition) is 3. The number of likely N-dealkylation sites (N-methyl/N-ethyl adjacent to an activating group) is 1. The Morgan fingerprint density at radius 2 is 1.80 bits per heavy atom. The predicted molar refractivity (Wildman–Crippen MR) is 161 cm³/mol. The van der Waals surface area contributed by atoms with Crippen LogP contribution >= 0.6 is 11.6 Å². The van der Waals surface area contributed by atoms with Crippen molar-refractivity contribution < 1.29 is 8.78 Å². The molecule has 210 valence electrons. The maximum absolute atomic E-state index is 14.8. The topological polar surface area (TPSA) is 89.3 Å². The highest BCUT2D eigenvalue weighted by molar-refractivity contribution is 6.31. The Morgan fingerprint density at radius 1 is 1.05 bits per heavy atom. The van der Waals surface area contributed by atoms with Crippen molar-refractivity contribution in [2.24, 2.45) is 4.99 Å². The van der Waals surface area contributed by atoms with Crippen molar-refractivity contribution in [1.82, 2.24) is 20.2 Å². The molecule has 0 saturated carbocycles. The number of aromatic nitrogens is 2. The lowest BCUT2D eigenvalue weighted by Crippen LogP contribution is -2.33. The molecule has 0 spiro atoms. The summed E-state index contributed by atoms with van der Waals surface area (Å²) in [6.45, 7) is 1.82. The van der Waals surface area contributed by atoms with E-state index in [1.807, 2.05) is 31.3 Å². The molecule has 0 bridgehead atoms. The van der Waals surface area contributed by atoms with Gasteiger partial charge in [-0.2, -0.15) is 0 Å². The van der Waals surface area contributed by atoms with E-state index in [4.69, 9.17) is 22.0 Å². The molecule has 1 fully saturated rings. The van der Waals surface area contributed by atoms with Crippen LogP contribution in [0, 0.1) is 17.0 Å². The first kappa shape index (κ1) is 28.3. The summed E-state index contributed by atoms with van der Waals surface area (Å²) >= 11 is 6.31. The van der Waals surface area contributed by atoms with Crippen molar-refractivity contribution in [3.63, 3.8) is 0 Å². The summed E-state index contributed by atoms with van der Waals surface area (Å²) in [5.74, 6) is -0.540. The number of rotatable bonds is 5. The third-order valence-corrected chi connectivity index (χ3v) is 7.53. The number of benzene rings is 3. The van der Waals surface area contributed by atoms with E-state index in [1.165, 1.54) is 18.2 Å². The lowest BCUT2D eigenvalue weighted by Gasteiger charge is -2.19. The smallest absolute Gasteiger partial charge is 0.227 e. The number of nitrogens with one attached hydrogen (secondary N) is 3. The molecular weight excluding hydrogens is 544 g/mol. The summed E-state index contributed by atoms with van der Waals surface area (Å²) in [6, 6.07) is 16.9. The Bertz CT molecular complexity index is 1620. The zero-order valence-corrected chi connectivity index (χ0v) is 22.4. The van der Waals surface area contributed by atoms with Crippen LogP contribution in [0.15, 0.2) is 71.9 Å². The molecule has 7 nitrogen and oxygen atoms in total. The molecule has 4 aromatic rings. The van der Waals surface area contributed by atoms with Crippen LogP contribution in [-0.2, 0) is 6.54 Å². The Hall–Kier alpha value is -4.21. The molecule has 3 aromatic carbocycles. The molecule has 2 aliphatic heterocycles. The van der Waals surface area contributed by atoms with Gasteiger partial charge < -0.3 is 15.5 Å². The van der Waals surface area contributed by atoms with Gasteiger partial charge in [-0.15, -0.1) is 0 Å². The fourth-order valence-electron chi connectivity index (χ4n) is 5.14. The number of nitrogens with zero attached hydrogens (tertiary/aromatic N) is 4. The van der Waals surface area contributed by atoms with Crippen LogP contribution in [0.2, 0.25) is 5.02 Å². The molecular formula is C31H30ClF2N7. The molecule has 3 heterocycles. The van der Waals surface area contributed by atoms with E-state index in [2.05, 4.69) is 25.5 Å². The molecule has 6 rings (SSSR count). The number of amidine groups is 1. The third-order valence-electron chi connectivity index (χ3n) is 7.29. The van der Waals surface area contributed by atoms with Gasteiger partial charge in [-0.25, -0.2) is 18.7 Å². The first-order valence-electron chi connectivity index (χ1n) is 12.9. The fraction of sp³-hybridized carbons (Fsp3) is 0.226. The standard InChI is InChI=1S/C30H26ClF2N7.CH4/c1-35-21-11-12-40(16-21)29(34)17-5-8-20(9-6-17)38-30-37-15-18-14-36-28(26-24(32)3-2-4-25(26)33)23-13-19(31)7-10-22(23)27(18)39-30;/h2-10,13,15,21,34-35H,11-12,14,16H2,1H3,(H,37,38,39);1H4. The Labute approximate surface area is 242 Å². The summed E-state index contributed by atoms with van der Waals surface area (Å²) < 4.78 is 29.6. The van der Waals surface area contributed by atoms with E-state index in [0.29, 0.717) is 39.7 Å². The fourth-order valence-corrected chi connectivity index (χ4v) is 5.32. The highest BCUT2D eigenvalue weighted by atomic mass is 35.5. The maximum atomic E-state index is 14.8. The van der Waals surface area contributed by atoms with E-state index in [1.54, 1.807) is 24.4 Å². The number of fused-ring (bicyclic) bond motifs is 3. The monoisotopic (exact) mass is 573 g/mol. The number of hydrogen-bond acceptors (Lipinski definition) is 6. The van der Waals surface area contributed by atoms with Crippen molar-refractivity contribution in [3.05, 3.63) is 106 Å². The highest BCUT2D eigenvalue weighted by Gasteiger charge is 2.26. The molecule has 1 atom stereocenters. The Kier molecular flexibility index (Phi) is 8.10. The molecule has 10 heteroatoms. The average Bonchev–Trinajstić information content (AvgIpc) is 3.39. The van der Waals surface area contributed by atoms with Crippen LogP contribution in [-0.4, -0.2) is 52.6 Å². The number of halogens is 3. The maximum Gasteiger partial charge on any atom is 0.227 e. The SMILES string of the molecule is C.CNC1CCN(C(=N)c2ccc(Nc3ncc4c(n3)-c3ccc(Cl)cc3C(c3c(F)cccc3F)=NC4)cc2)C1.